The SMILES string of the molecule is C=Nc1ccc(Oc2ccc(=O)n(C)c2)cc1. The van der Waals surface area contributed by atoms with Gasteiger partial charge in [0.2, 0.25) is 0 Å². The molecule has 0 atom stereocenters. The second-order valence-corrected chi connectivity index (χ2v) is 3.57. The molecule has 17 heavy (non-hydrogen) atoms. The van der Waals surface area contributed by atoms with Crippen molar-refractivity contribution in [2.45, 2.75) is 0 Å². The second-order valence-electron chi connectivity index (χ2n) is 3.57. The standard InChI is InChI=1S/C13H12N2O2/c1-14-10-3-5-11(6-4-10)17-12-7-8-13(16)15(2)9-12/h3-9H,1H2,2H3. The third kappa shape index (κ3) is 2.60. The van der Waals surface area contributed by atoms with Gasteiger partial charge in [0.15, 0.2) is 0 Å². The molecule has 2 rings (SSSR count). The summed E-state index contributed by atoms with van der Waals surface area (Å²) < 4.78 is 7.06. The molecule has 0 amide bonds. The first-order valence-electron chi connectivity index (χ1n) is 5.10. The molecule has 0 aliphatic heterocycles. The summed E-state index contributed by atoms with van der Waals surface area (Å²) in [7, 11) is 1.68. The van der Waals surface area contributed by atoms with Crippen molar-refractivity contribution in [3.8, 4) is 11.5 Å². The van der Waals surface area contributed by atoms with E-state index in [4.69, 9.17) is 4.74 Å². The Hall–Kier alpha value is -2.36. The quantitative estimate of drug-likeness (QED) is 0.757. The van der Waals surface area contributed by atoms with E-state index in [1.165, 1.54) is 10.6 Å². The Balaban J connectivity index is 2.22. The Bertz CT molecular complexity index is 585. The number of pyridine rings is 1. The monoisotopic (exact) mass is 228 g/mol. The molecule has 0 bridgehead atoms. The molecule has 0 saturated heterocycles. The van der Waals surface area contributed by atoms with Gasteiger partial charge in [-0.05, 0) is 37.0 Å². The van der Waals surface area contributed by atoms with Crippen molar-refractivity contribution in [1.82, 2.24) is 4.57 Å². The van der Waals surface area contributed by atoms with Crippen LogP contribution in [0.25, 0.3) is 0 Å². The molecule has 2 aromatic rings. The van der Waals surface area contributed by atoms with Gasteiger partial charge in [-0.25, -0.2) is 0 Å². The van der Waals surface area contributed by atoms with Gasteiger partial charge in [0, 0.05) is 19.3 Å². The number of hydrogen-bond acceptors (Lipinski definition) is 3. The highest BCUT2D eigenvalue weighted by Gasteiger charge is 1.98. The van der Waals surface area contributed by atoms with Gasteiger partial charge in [-0.15, -0.1) is 0 Å². The Morgan fingerprint density at radius 2 is 1.76 bits per heavy atom. The Morgan fingerprint density at radius 1 is 1.12 bits per heavy atom. The van der Waals surface area contributed by atoms with E-state index in [2.05, 4.69) is 11.7 Å². The molecule has 0 unspecified atom stereocenters. The minimum Gasteiger partial charge on any atom is -0.456 e. The van der Waals surface area contributed by atoms with Crippen LogP contribution in [0, 0.1) is 0 Å². The fraction of sp³-hybridized carbons (Fsp3) is 0.0769. The highest BCUT2D eigenvalue weighted by molar-refractivity contribution is 5.47. The number of aromatic nitrogens is 1. The summed E-state index contributed by atoms with van der Waals surface area (Å²) >= 11 is 0. The fourth-order valence-electron chi connectivity index (χ4n) is 1.38. The van der Waals surface area contributed by atoms with E-state index in [9.17, 15) is 4.79 Å². The number of aliphatic imine (C=N–C) groups is 1. The van der Waals surface area contributed by atoms with Crippen molar-refractivity contribution in [1.29, 1.82) is 0 Å². The fourth-order valence-corrected chi connectivity index (χ4v) is 1.38. The van der Waals surface area contributed by atoms with Crippen LogP contribution in [-0.2, 0) is 7.05 Å². The predicted molar refractivity (Wildman–Crippen MR) is 67.4 cm³/mol. The van der Waals surface area contributed by atoms with Gasteiger partial charge in [-0.1, -0.05) is 0 Å². The van der Waals surface area contributed by atoms with Crippen LogP contribution in [0.4, 0.5) is 5.69 Å². The van der Waals surface area contributed by atoms with Crippen molar-refractivity contribution in [2.24, 2.45) is 12.0 Å². The molecule has 0 spiro atoms. The lowest BCUT2D eigenvalue weighted by Gasteiger charge is -2.06. The van der Waals surface area contributed by atoms with Crippen LogP contribution in [0.5, 0.6) is 11.5 Å². The smallest absolute Gasteiger partial charge is 0.250 e. The molecule has 86 valence electrons. The van der Waals surface area contributed by atoms with Crippen molar-refractivity contribution >= 4 is 12.4 Å². The molecular weight excluding hydrogens is 216 g/mol. The van der Waals surface area contributed by atoms with E-state index in [1.54, 1.807) is 31.4 Å². The van der Waals surface area contributed by atoms with Crippen LogP contribution >= 0.6 is 0 Å². The van der Waals surface area contributed by atoms with Gasteiger partial charge in [0.25, 0.3) is 5.56 Å². The zero-order valence-electron chi connectivity index (χ0n) is 9.46. The third-order valence-corrected chi connectivity index (χ3v) is 2.31. The Labute approximate surface area is 98.8 Å². The summed E-state index contributed by atoms with van der Waals surface area (Å²) in [5, 5.41) is 0. The van der Waals surface area contributed by atoms with Gasteiger partial charge in [0.05, 0.1) is 5.69 Å². The predicted octanol–water partition coefficient (Wildman–Crippen LogP) is 2.51. The topological polar surface area (TPSA) is 43.6 Å². The molecule has 1 aromatic carbocycles. The number of benzene rings is 1. The number of nitrogens with zero attached hydrogens (tertiary/aromatic N) is 2. The van der Waals surface area contributed by atoms with E-state index >= 15 is 0 Å². The van der Waals surface area contributed by atoms with E-state index in [1.807, 2.05) is 12.1 Å². The highest BCUT2D eigenvalue weighted by Crippen LogP contribution is 2.22. The summed E-state index contributed by atoms with van der Waals surface area (Å²) in [6.45, 7) is 3.44. The molecule has 4 heteroatoms. The summed E-state index contributed by atoms with van der Waals surface area (Å²) in [4.78, 5) is 15.0. The van der Waals surface area contributed by atoms with E-state index in [0.717, 1.165) is 5.69 Å². The maximum atomic E-state index is 11.2. The van der Waals surface area contributed by atoms with Crippen LogP contribution in [0.3, 0.4) is 0 Å². The highest BCUT2D eigenvalue weighted by atomic mass is 16.5. The van der Waals surface area contributed by atoms with Crippen LogP contribution in [0.1, 0.15) is 0 Å². The zero-order chi connectivity index (χ0) is 12.3. The molecule has 1 aromatic heterocycles. The van der Waals surface area contributed by atoms with E-state index in [-0.39, 0.29) is 5.56 Å². The lowest BCUT2D eigenvalue weighted by atomic mass is 10.3. The van der Waals surface area contributed by atoms with Gasteiger partial charge < -0.3 is 9.30 Å². The summed E-state index contributed by atoms with van der Waals surface area (Å²) in [6, 6.07) is 10.3. The molecule has 0 aliphatic rings. The van der Waals surface area contributed by atoms with Crippen LogP contribution < -0.4 is 10.3 Å². The minimum absolute atomic E-state index is 0.0662. The number of hydrogen-bond donors (Lipinski definition) is 0. The molecule has 0 saturated carbocycles. The molecule has 4 nitrogen and oxygen atoms in total. The Morgan fingerprint density at radius 3 is 2.35 bits per heavy atom. The summed E-state index contributed by atoms with van der Waals surface area (Å²) in [6.07, 6.45) is 1.64. The molecular formula is C13H12N2O2. The summed E-state index contributed by atoms with van der Waals surface area (Å²) in [5.74, 6) is 1.31. The van der Waals surface area contributed by atoms with Crippen LogP contribution in [-0.4, -0.2) is 11.3 Å². The third-order valence-electron chi connectivity index (χ3n) is 2.31. The molecule has 0 radical (unpaired) electrons. The van der Waals surface area contributed by atoms with Crippen molar-refractivity contribution in [3.63, 3.8) is 0 Å². The molecule has 0 fully saturated rings. The van der Waals surface area contributed by atoms with Crippen molar-refractivity contribution in [3.05, 3.63) is 52.9 Å². The van der Waals surface area contributed by atoms with Gasteiger partial charge in [0.1, 0.15) is 11.5 Å². The van der Waals surface area contributed by atoms with Crippen LogP contribution in [0.15, 0.2) is 52.4 Å². The zero-order valence-corrected chi connectivity index (χ0v) is 9.46. The maximum Gasteiger partial charge on any atom is 0.250 e. The van der Waals surface area contributed by atoms with E-state index < -0.39 is 0 Å². The van der Waals surface area contributed by atoms with Gasteiger partial charge in [-0.2, -0.15) is 0 Å². The average molecular weight is 228 g/mol. The Kier molecular flexibility index (Phi) is 3.05. The number of rotatable bonds is 3. The molecule has 0 N–H and O–H groups in total. The van der Waals surface area contributed by atoms with Gasteiger partial charge in [-0.3, -0.25) is 9.79 Å². The van der Waals surface area contributed by atoms with E-state index in [0.29, 0.717) is 11.5 Å². The first kappa shape index (κ1) is 11.1. The summed E-state index contributed by atoms with van der Waals surface area (Å²) in [5.41, 5.74) is 0.723. The largest absolute Gasteiger partial charge is 0.456 e. The normalized spacial score (nSPS) is 9.94. The minimum atomic E-state index is -0.0662. The van der Waals surface area contributed by atoms with Crippen molar-refractivity contribution in [2.75, 3.05) is 0 Å². The second kappa shape index (κ2) is 4.65. The number of ether oxygens (including phenoxy) is 1. The molecule has 0 aliphatic carbocycles. The lowest BCUT2D eigenvalue weighted by molar-refractivity contribution is 0.476. The average Bonchev–Trinajstić information content (AvgIpc) is 2.35. The molecule has 1 heterocycles. The lowest BCUT2D eigenvalue weighted by Crippen LogP contribution is -2.13. The first-order valence-corrected chi connectivity index (χ1v) is 5.10. The number of aryl methyl sites for hydroxylation is 1. The first-order chi connectivity index (χ1) is 8.19. The van der Waals surface area contributed by atoms with Crippen LogP contribution in [0.2, 0.25) is 0 Å². The van der Waals surface area contributed by atoms with Gasteiger partial charge >= 0.3 is 0 Å². The van der Waals surface area contributed by atoms with Crippen molar-refractivity contribution < 1.29 is 4.74 Å². The maximum absolute atomic E-state index is 11.2.